The van der Waals surface area contributed by atoms with Crippen LogP contribution in [0.25, 0.3) is 0 Å². The maximum atomic E-state index is 14.4. The minimum absolute atomic E-state index is 0.0883. The molecule has 5 N–H and O–H groups in total. The van der Waals surface area contributed by atoms with E-state index in [0.717, 1.165) is 32.1 Å². The molecule has 0 spiro atoms. The predicted octanol–water partition coefficient (Wildman–Crippen LogP) is 6.04. The van der Waals surface area contributed by atoms with Crippen LogP contribution in [0.4, 0.5) is 4.79 Å². The van der Waals surface area contributed by atoms with E-state index >= 15 is 0 Å². The van der Waals surface area contributed by atoms with Gasteiger partial charge in [-0.1, -0.05) is 59.9 Å². The van der Waals surface area contributed by atoms with E-state index in [9.17, 15) is 19.5 Å². The van der Waals surface area contributed by atoms with Gasteiger partial charge in [-0.2, -0.15) is 0 Å². The number of carbonyl (C=O) groups excluding carboxylic acids is 3. The number of hydrogen-bond donors (Lipinski definition) is 4. The van der Waals surface area contributed by atoms with Crippen molar-refractivity contribution in [3.05, 3.63) is 30.1 Å². The zero-order valence-corrected chi connectivity index (χ0v) is 31.2. The second-order valence-electron chi connectivity index (χ2n) is 16.0. The van der Waals surface area contributed by atoms with Gasteiger partial charge in [0.15, 0.2) is 14.1 Å². The maximum Gasteiger partial charge on any atom is 0.407 e. The van der Waals surface area contributed by atoms with E-state index in [1.54, 1.807) is 24.4 Å². The number of rotatable bonds is 14. The molecule has 1 aromatic rings. The lowest BCUT2D eigenvalue weighted by Gasteiger charge is -2.54. The lowest BCUT2D eigenvalue weighted by atomic mass is 9.68. The number of ether oxygens (including phenoxy) is 1. The Hall–Kier alpha value is -2.34. The summed E-state index contributed by atoms with van der Waals surface area (Å²) in [5.74, 6) is -1.48. The van der Waals surface area contributed by atoms with E-state index in [1.165, 1.54) is 0 Å². The van der Waals surface area contributed by atoms with Crippen molar-refractivity contribution in [3.63, 3.8) is 0 Å². The summed E-state index contributed by atoms with van der Waals surface area (Å²) in [7, 11) is -2.48. The number of hydrogen-bond acceptors (Lipinski definition) is 8. The number of aliphatic hydroxyl groups is 1. The molecule has 46 heavy (non-hydrogen) atoms. The first kappa shape index (κ1) is 39.8. The van der Waals surface area contributed by atoms with Gasteiger partial charge in [0.2, 0.25) is 5.91 Å². The Morgan fingerprint density at radius 2 is 1.63 bits per heavy atom. The molecule has 0 aromatic carbocycles. The van der Waals surface area contributed by atoms with Gasteiger partial charge in [-0.05, 0) is 89.1 Å². The van der Waals surface area contributed by atoms with Crippen LogP contribution in [0.5, 0.6) is 0 Å². The van der Waals surface area contributed by atoms with Crippen LogP contribution in [0.15, 0.2) is 24.4 Å². The lowest BCUT2D eigenvalue weighted by molar-refractivity contribution is -0.136. The predicted molar refractivity (Wildman–Crippen MR) is 185 cm³/mol. The van der Waals surface area contributed by atoms with Crippen molar-refractivity contribution in [1.82, 2.24) is 15.6 Å². The molecule has 262 valence electrons. The minimum atomic E-state index is -2.48. The van der Waals surface area contributed by atoms with Gasteiger partial charge in [0.05, 0.1) is 30.0 Å². The lowest BCUT2D eigenvalue weighted by Crippen LogP contribution is -2.64. The van der Waals surface area contributed by atoms with Gasteiger partial charge >= 0.3 is 6.09 Å². The largest absolute Gasteiger partial charge is 0.444 e. The molecule has 1 heterocycles. The highest BCUT2D eigenvalue weighted by Gasteiger charge is 2.54. The van der Waals surface area contributed by atoms with E-state index in [2.05, 4.69) is 49.5 Å². The van der Waals surface area contributed by atoms with Crippen LogP contribution in [0.2, 0.25) is 18.1 Å². The Morgan fingerprint density at radius 3 is 2.11 bits per heavy atom. The summed E-state index contributed by atoms with van der Waals surface area (Å²) in [5, 5.41) is 15.6. The first-order chi connectivity index (χ1) is 21.1. The average Bonchev–Trinajstić information content (AvgIpc) is 2.96. The SMILES string of the molecule is CC(C)[C@H](C[C@](O[Si](C)(C)C(C)(C)C)(C1CCCCC1)[C@H](C)NC(=O)OC(C)(C)C)C(=O)NC(C(=O)[C@@H](N)CO)c1ccccn1. The number of alkyl carbamates (subject to hydrolysis) is 1. The van der Waals surface area contributed by atoms with E-state index in [0.29, 0.717) is 12.1 Å². The van der Waals surface area contributed by atoms with E-state index in [4.69, 9.17) is 14.9 Å². The Morgan fingerprint density at radius 1 is 1.02 bits per heavy atom. The van der Waals surface area contributed by atoms with Crippen molar-refractivity contribution in [1.29, 1.82) is 0 Å². The molecule has 10 nitrogen and oxygen atoms in total. The normalized spacial score (nSPS) is 19.0. The molecule has 0 bridgehead atoms. The summed E-state index contributed by atoms with van der Waals surface area (Å²) in [5.41, 5.74) is 4.74. The summed E-state index contributed by atoms with van der Waals surface area (Å²) in [6, 6.07) is 2.35. The Labute approximate surface area is 278 Å². The third kappa shape index (κ3) is 10.6. The fraction of sp³-hybridized carbons (Fsp3) is 0.771. The molecule has 0 saturated heterocycles. The summed E-state index contributed by atoms with van der Waals surface area (Å²) in [6.45, 7) is 21.9. The summed E-state index contributed by atoms with van der Waals surface area (Å²) >= 11 is 0. The Balaban J connectivity index is 2.67. The van der Waals surface area contributed by atoms with Gasteiger partial charge in [-0.25, -0.2) is 4.79 Å². The maximum absolute atomic E-state index is 14.4. The zero-order chi connectivity index (χ0) is 35.1. The zero-order valence-electron chi connectivity index (χ0n) is 30.2. The number of amides is 2. The molecule has 2 amide bonds. The molecular weight excluding hydrogens is 600 g/mol. The van der Waals surface area contributed by atoms with Crippen LogP contribution in [0.1, 0.15) is 113 Å². The molecule has 1 aliphatic carbocycles. The molecule has 0 radical (unpaired) electrons. The van der Waals surface area contributed by atoms with Crippen molar-refractivity contribution in [3.8, 4) is 0 Å². The van der Waals surface area contributed by atoms with Crippen LogP contribution >= 0.6 is 0 Å². The Kier molecular flexibility index (Phi) is 14.0. The monoisotopic (exact) mass is 662 g/mol. The molecule has 2 rings (SSSR count). The van der Waals surface area contributed by atoms with Crippen LogP contribution in [0, 0.1) is 17.8 Å². The van der Waals surface area contributed by atoms with Gasteiger partial charge in [-0.15, -0.1) is 0 Å². The minimum Gasteiger partial charge on any atom is -0.444 e. The summed E-state index contributed by atoms with van der Waals surface area (Å²) in [6.07, 6.45) is 6.41. The molecule has 1 aromatic heterocycles. The number of carbonyl (C=O) groups is 3. The van der Waals surface area contributed by atoms with E-state index < -0.39 is 62.0 Å². The fourth-order valence-electron chi connectivity index (χ4n) is 6.10. The Bertz CT molecular complexity index is 1140. The van der Waals surface area contributed by atoms with Crippen molar-refractivity contribution in [2.24, 2.45) is 23.5 Å². The molecule has 1 saturated carbocycles. The van der Waals surface area contributed by atoms with Gasteiger partial charge in [0.25, 0.3) is 0 Å². The quantitative estimate of drug-likeness (QED) is 0.176. The smallest absolute Gasteiger partial charge is 0.407 e. The molecule has 5 atom stereocenters. The third-order valence-electron chi connectivity index (χ3n) is 9.81. The first-order valence-electron chi connectivity index (χ1n) is 17.0. The van der Waals surface area contributed by atoms with Crippen LogP contribution in [-0.2, 0) is 18.8 Å². The van der Waals surface area contributed by atoms with Crippen LogP contribution in [0.3, 0.4) is 0 Å². The highest BCUT2D eigenvalue weighted by molar-refractivity contribution is 6.74. The number of aliphatic hydroxyl groups excluding tert-OH is 1. The van der Waals surface area contributed by atoms with Crippen molar-refractivity contribution < 1.29 is 28.7 Å². The van der Waals surface area contributed by atoms with Gasteiger partial charge in [0, 0.05) is 12.1 Å². The van der Waals surface area contributed by atoms with E-state index in [-0.39, 0.29) is 22.8 Å². The van der Waals surface area contributed by atoms with Gasteiger partial charge in [0.1, 0.15) is 11.6 Å². The topological polar surface area (TPSA) is 153 Å². The van der Waals surface area contributed by atoms with Crippen LogP contribution in [-0.4, -0.2) is 66.1 Å². The molecular formula is C35H62N4O6Si. The van der Waals surface area contributed by atoms with Gasteiger partial charge in [-0.3, -0.25) is 14.6 Å². The van der Waals surface area contributed by atoms with Gasteiger partial charge < -0.3 is 30.6 Å². The molecule has 0 aliphatic heterocycles. The van der Waals surface area contributed by atoms with Crippen LogP contribution < -0.4 is 16.4 Å². The molecule has 1 unspecified atom stereocenters. The second-order valence-corrected chi connectivity index (χ2v) is 20.7. The number of pyridine rings is 1. The highest BCUT2D eigenvalue weighted by Crippen LogP contribution is 2.48. The fourth-order valence-corrected chi connectivity index (χ4v) is 7.79. The first-order valence-corrected chi connectivity index (χ1v) is 19.9. The number of aromatic nitrogens is 1. The summed E-state index contributed by atoms with van der Waals surface area (Å²) < 4.78 is 13.2. The number of nitrogens with two attached hydrogens (primary N) is 1. The van der Waals surface area contributed by atoms with Crippen molar-refractivity contribution in [2.45, 2.75) is 148 Å². The van der Waals surface area contributed by atoms with E-state index in [1.807, 2.05) is 41.5 Å². The number of nitrogens with zero attached hydrogens (tertiary/aromatic N) is 1. The highest BCUT2D eigenvalue weighted by atomic mass is 28.4. The molecule has 1 aliphatic rings. The van der Waals surface area contributed by atoms with Crippen molar-refractivity contribution in [2.75, 3.05) is 6.61 Å². The number of Topliss-reactive ketones (excluding diaryl/α,β-unsaturated/α-hetero) is 1. The second kappa shape index (κ2) is 16.2. The third-order valence-corrected chi connectivity index (χ3v) is 14.3. The average molecular weight is 663 g/mol. The van der Waals surface area contributed by atoms with Crippen molar-refractivity contribution >= 4 is 26.1 Å². The number of nitrogens with one attached hydrogen (secondary N) is 2. The standard InChI is InChI=1S/C35H62N4O6Si/c1-23(2)26(31(42)39-29(30(41)27(36)22-40)28-19-15-16-20-37-28)21-35(25-17-13-12-14-18-25,45-46(10,11)34(7,8)9)24(3)38-32(43)44-33(4,5)6/h15-16,19-20,23-27,29,40H,12-14,17-18,21-22,36H2,1-11H3,(H,38,43)(H,39,42)/t24-,26-,27-,29?,35+/m0/s1. The molecule has 11 heteroatoms. The number of ketones is 1. The summed E-state index contributed by atoms with van der Waals surface area (Å²) in [4.78, 5) is 45.3. The molecule has 1 fully saturated rings.